The van der Waals surface area contributed by atoms with Gasteiger partial charge in [-0.25, -0.2) is 9.97 Å². The van der Waals surface area contributed by atoms with E-state index in [1.165, 1.54) is 0 Å². The minimum Gasteiger partial charge on any atom is -0.496 e. The number of thiazole rings is 2. The van der Waals surface area contributed by atoms with Crippen LogP contribution in [-0.4, -0.2) is 30.2 Å². The molecule has 28 heavy (non-hydrogen) atoms. The molecule has 1 saturated heterocycles. The van der Waals surface area contributed by atoms with Crippen molar-refractivity contribution < 1.29 is 17.9 Å². The third kappa shape index (κ3) is 3.86. The lowest BCUT2D eigenvalue weighted by atomic mass is 9.98. The van der Waals surface area contributed by atoms with E-state index in [0.29, 0.717) is 24.1 Å². The summed E-state index contributed by atoms with van der Waals surface area (Å²) in [5, 5.41) is 4.63. The summed E-state index contributed by atoms with van der Waals surface area (Å²) >= 11 is 2.68. The second-order valence-corrected chi connectivity index (χ2v) is 8.27. The Labute approximate surface area is 168 Å². The van der Waals surface area contributed by atoms with Gasteiger partial charge in [0.15, 0.2) is 10.8 Å². The first kappa shape index (κ1) is 19.2. The molecule has 3 heterocycles. The number of halogens is 3. The average Bonchev–Trinajstić information content (AvgIpc) is 3.38. The molecule has 3 aromatic rings. The molecule has 4 rings (SSSR count). The Bertz CT molecular complexity index is 946. The van der Waals surface area contributed by atoms with E-state index in [-0.39, 0.29) is 0 Å². The zero-order chi connectivity index (χ0) is 19.7. The molecular weight excluding hydrogens is 407 g/mol. The minimum atomic E-state index is -4.39. The van der Waals surface area contributed by atoms with Gasteiger partial charge in [-0.3, -0.25) is 0 Å². The highest BCUT2D eigenvalue weighted by molar-refractivity contribution is 7.13. The monoisotopic (exact) mass is 425 g/mol. The topological polar surface area (TPSA) is 38.2 Å². The summed E-state index contributed by atoms with van der Waals surface area (Å²) in [7, 11) is 1.64. The SMILES string of the molecule is COc1ccccc1-c1csc(C2CCN(c3nc(C(F)(F)F)cs3)CC2)n1. The molecule has 0 spiro atoms. The number of alkyl halides is 3. The largest absolute Gasteiger partial charge is 0.496 e. The van der Waals surface area contributed by atoms with Gasteiger partial charge in [-0.1, -0.05) is 12.1 Å². The molecule has 0 saturated carbocycles. The van der Waals surface area contributed by atoms with Crippen LogP contribution in [0.5, 0.6) is 5.75 Å². The number of nitrogens with zero attached hydrogens (tertiary/aromatic N) is 3. The Morgan fingerprint density at radius 3 is 2.50 bits per heavy atom. The van der Waals surface area contributed by atoms with E-state index < -0.39 is 11.9 Å². The molecule has 0 unspecified atom stereocenters. The van der Waals surface area contributed by atoms with Crippen LogP contribution in [0.3, 0.4) is 0 Å². The maximum Gasteiger partial charge on any atom is 0.434 e. The van der Waals surface area contributed by atoms with Crippen LogP contribution in [0.15, 0.2) is 35.0 Å². The highest BCUT2D eigenvalue weighted by Gasteiger charge is 2.35. The van der Waals surface area contributed by atoms with Crippen LogP contribution in [0.2, 0.25) is 0 Å². The van der Waals surface area contributed by atoms with Gasteiger partial charge in [0.25, 0.3) is 0 Å². The number of rotatable bonds is 4. The van der Waals surface area contributed by atoms with Crippen LogP contribution in [0.1, 0.15) is 29.5 Å². The van der Waals surface area contributed by atoms with Gasteiger partial charge in [-0.15, -0.1) is 22.7 Å². The van der Waals surface area contributed by atoms with Crippen molar-refractivity contribution in [2.75, 3.05) is 25.1 Å². The lowest BCUT2D eigenvalue weighted by Crippen LogP contribution is -2.32. The summed E-state index contributed by atoms with van der Waals surface area (Å²) in [6, 6.07) is 7.78. The van der Waals surface area contributed by atoms with Gasteiger partial charge in [-0.05, 0) is 25.0 Å². The van der Waals surface area contributed by atoms with Crippen molar-refractivity contribution in [3.05, 3.63) is 45.7 Å². The number of anilines is 1. The molecule has 0 amide bonds. The number of hydrogen-bond acceptors (Lipinski definition) is 6. The molecule has 148 valence electrons. The van der Waals surface area contributed by atoms with Crippen molar-refractivity contribution in [1.29, 1.82) is 0 Å². The van der Waals surface area contributed by atoms with E-state index in [1.54, 1.807) is 18.4 Å². The van der Waals surface area contributed by atoms with Gasteiger partial charge in [0, 0.05) is 35.3 Å². The summed E-state index contributed by atoms with van der Waals surface area (Å²) < 4.78 is 43.7. The number of para-hydroxylation sites is 1. The molecule has 0 aliphatic carbocycles. The molecule has 0 atom stereocenters. The molecule has 4 nitrogen and oxygen atoms in total. The predicted octanol–water partition coefficient (Wildman–Crippen LogP) is 5.68. The molecule has 9 heteroatoms. The highest BCUT2D eigenvalue weighted by atomic mass is 32.1. The maximum atomic E-state index is 12.8. The average molecular weight is 426 g/mol. The normalized spacial score (nSPS) is 15.8. The molecule has 1 aromatic carbocycles. The van der Waals surface area contributed by atoms with Crippen molar-refractivity contribution in [3.8, 4) is 17.0 Å². The number of hydrogen-bond donors (Lipinski definition) is 0. The molecule has 0 bridgehead atoms. The standard InChI is InChI=1S/C19H18F3N3OS2/c1-26-15-5-3-2-4-13(15)14-10-27-17(23-14)12-6-8-25(9-7-12)18-24-16(11-28-18)19(20,21)22/h2-5,10-12H,6-9H2,1H3. The number of benzene rings is 1. The molecular formula is C19H18F3N3OS2. The highest BCUT2D eigenvalue weighted by Crippen LogP contribution is 2.38. The van der Waals surface area contributed by atoms with Crippen LogP contribution in [0.25, 0.3) is 11.3 Å². The molecule has 2 aromatic heterocycles. The summed E-state index contributed by atoms with van der Waals surface area (Å²) in [5.74, 6) is 1.10. The van der Waals surface area contributed by atoms with E-state index in [9.17, 15) is 13.2 Å². The summed E-state index contributed by atoms with van der Waals surface area (Å²) in [6.07, 6.45) is -2.69. The predicted molar refractivity (Wildman–Crippen MR) is 105 cm³/mol. The van der Waals surface area contributed by atoms with Crippen LogP contribution < -0.4 is 9.64 Å². The molecule has 1 fully saturated rings. The smallest absolute Gasteiger partial charge is 0.434 e. The lowest BCUT2D eigenvalue weighted by Gasteiger charge is -2.30. The van der Waals surface area contributed by atoms with Gasteiger partial charge in [0.05, 0.1) is 17.8 Å². The Morgan fingerprint density at radius 1 is 1.07 bits per heavy atom. The van der Waals surface area contributed by atoms with Crippen LogP contribution in [0.4, 0.5) is 18.3 Å². The fraction of sp³-hybridized carbons (Fsp3) is 0.368. The van der Waals surface area contributed by atoms with E-state index in [1.807, 2.05) is 34.5 Å². The Hall–Kier alpha value is -2.13. The van der Waals surface area contributed by atoms with E-state index in [2.05, 4.69) is 4.98 Å². The summed E-state index contributed by atoms with van der Waals surface area (Å²) in [5.41, 5.74) is 1.05. The van der Waals surface area contributed by atoms with Gasteiger partial charge in [0.1, 0.15) is 5.75 Å². The van der Waals surface area contributed by atoms with Crippen LogP contribution >= 0.6 is 22.7 Å². The van der Waals surface area contributed by atoms with Gasteiger partial charge >= 0.3 is 6.18 Å². The molecule has 0 N–H and O–H groups in total. The number of aromatic nitrogens is 2. The maximum absolute atomic E-state index is 12.8. The van der Waals surface area contributed by atoms with Crippen molar-refractivity contribution >= 4 is 27.8 Å². The first-order chi connectivity index (χ1) is 13.5. The zero-order valence-corrected chi connectivity index (χ0v) is 16.7. The van der Waals surface area contributed by atoms with Gasteiger partial charge in [0.2, 0.25) is 0 Å². The Balaban J connectivity index is 1.43. The van der Waals surface area contributed by atoms with Crippen molar-refractivity contribution in [1.82, 2.24) is 9.97 Å². The Kier molecular flexibility index (Phi) is 5.29. The number of methoxy groups -OCH3 is 1. The van der Waals surface area contributed by atoms with Crippen LogP contribution in [-0.2, 0) is 6.18 Å². The first-order valence-electron chi connectivity index (χ1n) is 8.82. The van der Waals surface area contributed by atoms with Crippen LogP contribution in [0, 0.1) is 0 Å². The molecule has 0 radical (unpaired) electrons. The van der Waals surface area contributed by atoms with E-state index in [4.69, 9.17) is 9.72 Å². The van der Waals surface area contributed by atoms with Crippen molar-refractivity contribution in [3.63, 3.8) is 0 Å². The Morgan fingerprint density at radius 2 is 1.82 bits per heavy atom. The fourth-order valence-corrected chi connectivity index (χ4v) is 5.19. The molecule has 1 aliphatic rings. The quantitative estimate of drug-likeness (QED) is 0.539. The third-order valence-electron chi connectivity index (χ3n) is 4.80. The lowest BCUT2D eigenvalue weighted by molar-refractivity contribution is -0.140. The first-order valence-corrected chi connectivity index (χ1v) is 10.6. The second kappa shape index (κ2) is 7.71. The third-order valence-corrected chi connectivity index (χ3v) is 6.71. The van der Waals surface area contributed by atoms with Gasteiger partial charge in [-0.2, -0.15) is 13.2 Å². The van der Waals surface area contributed by atoms with Crippen molar-refractivity contribution in [2.45, 2.75) is 24.9 Å². The fourth-order valence-electron chi connectivity index (χ4n) is 3.31. The summed E-state index contributed by atoms with van der Waals surface area (Å²) in [6.45, 7) is 1.36. The number of ether oxygens (including phenoxy) is 1. The minimum absolute atomic E-state index is 0.312. The van der Waals surface area contributed by atoms with Crippen molar-refractivity contribution in [2.24, 2.45) is 0 Å². The summed E-state index contributed by atoms with van der Waals surface area (Å²) in [4.78, 5) is 10.5. The second-order valence-electron chi connectivity index (χ2n) is 6.55. The van der Waals surface area contributed by atoms with Gasteiger partial charge < -0.3 is 9.64 Å². The molecule has 1 aliphatic heterocycles. The zero-order valence-electron chi connectivity index (χ0n) is 15.1. The van der Waals surface area contributed by atoms with E-state index in [0.717, 1.165) is 51.6 Å². The number of piperidine rings is 1. The van der Waals surface area contributed by atoms with E-state index >= 15 is 0 Å².